The smallest absolute Gasteiger partial charge is 0.339 e. The van der Waals surface area contributed by atoms with Crippen LogP contribution in [0.15, 0.2) is 12.1 Å². The first-order valence-corrected chi connectivity index (χ1v) is 12.2. The molecule has 0 aliphatic carbocycles. The van der Waals surface area contributed by atoms with Crippen molar-refractivity contribution in [2.75, 3.05) is 39.6 Å². The largest absolute Gasteiger partial charge is 0.504 e. The van der Waals surface area contributed by atoms with Crippen LogP contribution in [-0.2, 0) is 14.2 Å². The third kappa shape index (κ3) is 6.29. The standard InChI is InChI=1S/C26H32O11/c1-3-5-7-34-23-17(27)13-15-19(21(23)29)20-16(14-18(28)24(22(20)30)35-8-6-4-2)26(32)37-12-10-33-9-11-36-25(15)31/h13-14,27-30H,3-12H2,1-2H3. The zero-order valence-electron chi connectivity index (χ0n) is 20.9. The van der Waals surface area contributed by atoms with Gasteiger partial charge in [-0.3, -0.25) is 0 Å². The molecule has 0 saturated heterocycles. The fourth-order valence-corrected chi connectivity index (χ4v) is 3.67. The Kier molecular flexibility index (Phi) is 9.67. The Morgan fingerprint density at radius 2 is 1.11 bits per heavy atom. The van der Waals surface area contributed by atoms with Crippen LogP contribution in [0.4, 0.5) is 0 Å². The van der Waals surface area contributed by atoms with Gasteiger partial charge in [-0.1, -0.05) is 26.7 Å². The first-order valence-electron chi connectivity index (χ1n) is 12.2. The highest BCUT2D eigenvalue weighted by Gasteiger charge is 2.33. The van der Waals surface area contributed by atoms with Gasteiger partial charge in [-0.25, -0.2) is 9.59 Å². The van der Waals surface area contributed by atoms with Gasteiger partial charge in [0, 0.05) is 11.1 Å². The molecule has 1 aliphatic heterocycles. The van der Waals surface area contributed by atoms with Gasteiger partial charge in [-0.05, 0) is 25.0 Å². The highest BCUT2D eigenvalue weighted by Crippen LogP contribution is 2.53. The molecule has 1 heterocycles. The molecule has 11 heteroatoms. The summed E-state index contributed by atoms with van der Waals surface area (Å²) in [6.07, 6.45) is 2.76. The average molecular weight is 521 g/mol. The van der Waals surface area contributed by atoms with Crippen molar-refractivity contribution in [3.8, 4) is 45.6 Å². The Bertz CT molecular complexity index is 1040. The lowest BCUT2D eigenvalue weighted by Gasteiger charge is -2.21. The van der Waals surface area contributed by atoms with E-state index in [9.17, 15) is 30.0 Å². The molecule has 0 radical (unpaired) electrons. The third-order valence-corrected chi connectivity index (χ3v) is 5.57. The summed E-state index contributed by atoms with van der Waals surface area (Å²) in [7, 11) is 0. The second-order valence-corrected chi connectivity index (χ2v) is 8.28. The Morgan fingerprint density at radius 3 is 1.49 bits per heavy atom. The molecule has 0 aromatic heterocycles. The van der Waals surface area contributed by atoms with Crippen molar-refractivity contribution in [2.24, 2.45) is 0 Å². The quantitative estimate of drug-likeness (QED) is 0.295. The first kappa shape index (κ1) is 27.7. The van der Waals surface area contributed by atoms with Crippen LogP contribution in [0.3, 0.4) is 0 Å². The van der Waals surface area contributed by atoms with Gasteiger partial charge in [0.15, 0.2) is 23.0 Å². The van der Waals surface area contributed by atoms with Crippen molar-refractivity contribution in [1.29, 1.82) is 0 Å². The summed E-state index contributed by atoms with van der Waals surface area (Å²) in [6, 6.07) is 2.02. The van der Waals surface area contributed by atoms with E-state index in [-0.39, 0.29) is 73.4 Å². The summed E-state index contributed by atoms with van der Waals surface area (Å²) in [5.41, 5.74) is -1.46. The molecule has 0 saturated carbocycles. The number of cyclic esters (lactones) is 2. The highest BCUT2D eigenvalue weighted by atomic mass is 16.6. The minimum Gasteiger partial charge on any atom is -0.504 e. The molecule has 0 amide bonds. The number of hydrogen-bond acceptors (Lipinski definition) is 11. The van der Waals surface area contributed by atoms with Crippen molar-refractivity contribution in [1.82, 2.24) is 0 Å². The lowest BCUT2D eigenvalue weighted by molar-refractivity contribution is 0.0153. The van der Waals surface area contributed by atoms with Gasteiger partial charge in [0.25, 0.3) is 0 Å². The van der Waals surface area contributed by atoms with E-state index in [0.717, 1.165) is 25.0 Å². The molecular weight excluding hydrogens is 488 g/mol. The van der Waals surface area contributed by atoms with Crippen molar-refractivity contribution < 1.29 is 53.7 Å². The van der Waals surface area contributed by atoms with Gasteiger partial charge in [0.05, 0.1) is 37.6 Å². The molecule has 4 N–H and O–H groups in total. The van der Waals surface area contributed by atoms with Crippen LogP contribution in [0.5, 0.6) is 34.5 Å². The molecule has 0 bridgehead atoms. The fraction of sp³-hybridized carbons (Fsp3) is 0.462. The number of rotatable bonds is 8. The summed E-state index contributed by atoms with van der Waals surface area (Å²) in [5.74, 6) is -5.18. The number of esters is 2. The zero-order valence-corrected chi connectivity index (χ0v) is 20.9. The number of benzene rings is 2. The van der Waals surface area contributed by atoms with Crippen molar-refractivity contribution in [2.45, 2.75) is 39.5 Å². The van der Waals surface area contributed by atoms with Crippen LogP contribution < -0.4 is 9.47 Å². The Balaban J connectivity index is 2.34. The second kappa shape index (κ2) is 12.9. The monoisotopic (exact) mass is 520 g/mol. The number of carbonyl (C=O) groups is 2. The molecule has 0 atom stereocenters. The number of fused-ring (bicyclic) bond motifs is 3. The molecule has 0 unspecified atom stereocenters. The number of unbranched alkanes of at least 4 members (excludes halogenated alkanes) is 2. The number of phenols is 4. The van der Waals surface area contributed by atoms with Crippen LogP contribution in [-0.4, -0.2) is 72.0 Å². The number of phenolic OH excluding ortho intramolecular Hbond substituents is 4. The van der Waals surface area contributed by atoms with Gasteiger partial charge in [-0.2, -0.15) is 0 Å². The highest BCUT2D eigenvalue weighted by molar-refractivity contribution is 6.08. The van der Waals surface area contributed by atoms with Gasteiger partial charge in [0.1, 0.15) is 13.2 Å². The lowest BCUT2D eigenvalue weighted by atomic mass is 9.91. The van der Waals surface area contributed by atoms with Crippen LogP contribution in [0.2, 0.25) is 0 Å². The number of carbonyl (C=O) groups excluding carboxylic acids is 2. The van der Waals surface area contributed by atoms with Gasteiger partial charge < -0.3 is 44.1 Å². The van der Waals surface area contributed by atoms with Crippen LogP contribution >= 0.6 is 0 Å². The van der Waals surface area contributed by atoms with Crippen molar-refractivity contribution in [3.05, 3.63) is 23.3 Å². The van der Waals surface area contributed by atoms with Crippen molar-refractivity contribution in [3.63, 3.8) is 0 Å². The number of hydrogen-bond donors (Lipinski definition) is 4. The van der Waals surface area contributed by atoms with E-state index in [0.29, 0.717) is 12.8 Å². The molecule has 11 nitrogen and oxygen atoms in total. The summed E-state index contributed by atoms with van der Waals surface area (Å²) in [6.45, 7) is 3.81. The maximum atomic E-state index is 13.0. The minimum absolute atomic E-state index is 0.00318. The number of ether oxygens (including phenoxy) is 5. The van der Waals surface area contributed by atoms with E-state index in [2.05, 4.69) is 0 Å². The molecule has 0 spiro atoms. The summed E-state index contributed by atoms with van der Waals surface area (Å²) in [4.78, 5) is 26.1. The SMILES string of the molecule is CCCCOc1c(O)cc2c(c1O)-c1c(cc(O)c(OCCCC)c1O)C(=O)OCCOCCOC2=O. The summed E-state index contributed by atoms with van der Waals surface area (Å²) < 4.78 is 26.9. The van der Waals surface area contributed by atoms with E-state index < -0.39 is 34.9 Å². The van der Waals surface area contributed by atoms with Crippen LogP contribution in [0.1, 0.15) is 60.2 Å². The van der Waals surface area contributed by atoms with Crippen LogP contribution in [0.25, 0.3) is 11.1 Å². The summed E-state index contributed by atoms with van der Waals surface area (Å²) >= 11 is 0. The third-order valence-electron chi connectivity index (χ3n) is 5.57. The van der Waals surface area contributed by atoms with E-state index >= 15 is 0 Å². The van der Waals surface area contributed by atoms with E-state index in [1.165, 1.54) is 0 Å². The van der Waals surface area contributed by atoms with E-state index in [4.69, 9.17) is 23.7 Å². The maximum Gasteiger partial charge on any atom is 0.339 e. The zero-order chi connectivity index (χ0) is 26.9. The van der Waals surface area contributed by atoms with E-state index in [1.807, 2.05) is 13.8 Å². The first-order chi connectivity index (χ1) is 17.8. The maximum absolute atomic E-state index is 13.0. The molecule has 37 heavy (non-hydrogen) atoms. The Labute approximate surface area is 214 Å². The average Bonchev–Trinajstić information content (AvgIpc) is 2.87. The topological polar surface area (TPSA) is 161 Å². The Hall–Kier alpha value is -3.86. The van der Waals surface area contributed by atoms with Gasteiger partial charge >= 0.3 is 11.9 Å². The second-order valence-electron chi connectivity index (χ2n) is 8.28. The predicted molar refractivity (Wildman–Crippen MR) is 131 cm³/mol. The normalized spacial score (nSPS) is 14.2. The van der Waals surface area contributed by atoms with E-state index in [1.54, 1.807) is 0 Å². The summed E-state index contributed by atoms with van der Waals surface area (Å²) in [5, 5.41) is 43.6. The molecule has 0 fully saturated rings. The predicted octanol–water partition coefficient (Wildman–Crippen LogP) is 3.88. The molecule has 202 valence electrons. The molecule has 2 aromatic rings. The van der Waals surface area contributed by atoms with Crippen LogP contribution in [0, 0.1) is 0 Å². The molecular formula is C26H32O11. The molecule has 1 aliphatic rings. The minimum atomic E-state index is -0.969. The fourth-order valence-electron chi connectivity index (χ4n) is 3.67. The van der Waals surface area contributed by atoms with Crippen molar-refractivity contribution >= 4 is 11.9 Å². The Morgan fingerprint density at radius 1 is 0.703 bits per heavy atom. The molecule has 2 aromatic carbocycles. The van der Waals surface area contributed by atoms with Gasteiger partial charge in [0.2, 0.25) is 11.5 Å². The van der Waals surface area contributed by atoms with Gasteiger partial charge in [-0.15, -0.1) is 0 Å². The number of aromatic hydroxyl groups is 4. The molecule has 3 rings (SSSR count). The lowest BCUT2D eigenvalue weighted by Crippen LogP contribution is -2.14.